The fourth-order valence-corrected chi connectivity index (χ4v) is 1.69. The Morgan fingerprint density at radius 3 is 2.50 bits per heavy atom. The SMILES string of the molecule is OCCN(CCO)n1ccn2c(Cl)nnc12. The van der Waals surface area contributed by atoms with Crippen molar-refractivity contribution in [3.05, 3.63) is 17.7 Å². The van der Waals surface area contributed by atoms with Crippen molar-refractivity contribution >= 4 is 17.4 Å². The first-order valence-electron chi connectivity index (χ1n) is 4.82. The Kier molecular flexibility index (Phi) is 3.28. The van der Waals surface area contributed by atoms with Gasteiger partial charge in [-0.1, -0.05) is 0 Å². The summed E-state index contributed by atoms with van der Waals surface area (Å²) in [6, 6.07) is 0. The van der Waals surface area contributed by atoms with Crippen LogP contribution < -0.4 is 5.01 Å². The smallest absolute Gasteiger partial charge is 0.255 e. The molecule has 7 nitrogen and oxygen atoms in total. The molecule has 0 atom stereocenters. The van der Waals surface area contributed by atoms with Crippen molar-refractivity contribution in [2.45, 2.75) is 0 Å². The van der Waals surface area contributed by atoms with Gasteiger partial charge in [0.2, 0.25) is 5.28 Å². The lowest BCUT2D eigenvalue weighted by atomic mass is 10.6. The molecule has 16 heavy (non-hydrogen) atoms. The van der Waals surface area contributed by atoms with E-state index in [1.54, 1.807) is 26.5 Å². The van der Waals surface area contributed by atoms with Gasteiger partial charge >= 0.3 is 0 Å². The number of aromatic nitrogens is 4. The molecule has 0 aliphatic heterocycles. The topological polar surface area (TPSA) is 78.8 Å². The number of halogens is 1. The Labute approximate surface area is 96.5 Å². The molecule has 0 saturated heterocycles. The van der Waals surface area contributed by atoms with Crippen LogP contribution in [0.3, 0.4) is 0 Å². The summed E-state index contributed by atoms with van der Waals surface area (Å²) in [5.41, 5.74) is 0. The average molecular weight is 246 g/mol. The zero-order valence-corrected chi connectivity index (χ0v) is 9.25. The minimum Gasteiger partial charge on any atom is -0.394 e. The van der Waals surface area contributed by atoms with Gasteiger partial charge in [-0.25, -0.2) is 4.68 Å². The molecular weight excluding hydrogens is 234 g/mol. The molecule has 8 heteroatoms. The van der Waals surface area contributed by atoms with Gasteiger partial charge in [0.05, 0.1) is 26.3 Å². The Morgan fingerprint density at radius 1 is 1.19 bits per heavy atom. The molecule has 0 saturated carbocycles. The molecule has 0 amide bonds. The summed E-state index contributed by atoms with van der Waals surface area (Å²) in [7, 11) is 0. The maximum absolute atomic E-state index is 8.93. The summed E-state index contributed by atoms with van der Waals surface area (Å²) in [5, 5.41) is 27.5. The van der Waals surface area contributed by atoms with E-state index in [0.29, 0.717) is 18.9 Å². The largest absolute Gasteiger partial charge is 0.394 e. The molecule has 0 aromatic carbocycles. The van der Waals surface area contributed by atoms with Crippen LogP contribution in [0.25, 0.3) is 5.78 Å². The van der Waals surface area contributed by atoms with E-state index in [2.05, 4.69) is 10.2 Å². The third-order valence-electron chi connectivity index (χ3n) is 2.22. The second-order valence-corrected chi connectivity index (χ2v) is 3.52. The minimum atomic E-state index is -0.00773. The van der Waals surface area contributed by atoms with E-state index < -0.39 is 0 Å². The summed E-state index contributed by atoms with van der Waals surface area (Å²) in [5.74, 6) is 0.548. The van der Waals surface area contributed by atoms with Crippen LogP contribution in [0.5, 0.6) is 0 Å². The summed E-state index contributed by atoms with van der Waals surface area (Å²) in [4.78, 5) is 0. The lowest BCUT2D eigenvalue weighted by molar-refractivity contribution is 0.266. The molecule has 88 valence electrons. The van der Waals surface area contributed by atoms with Crippen LogP contribution in [0.15, 0.2) is 12.4 Å². The number of nitrogens with zero attached hydrogens (tertiary/aromatic N) is 5. The van der Waals surface area contributed by atoms with E-state index in [1.807, 2.05) is 0 Å². The summed E-state index contributed by atoms with van der Waals surface area (Å²) in [6.07, 6.45) is 3.47. The Hall–Kier alpha value is -1.31. The number of aliphatic hydroxyl groups excluding tert-OH is 2. The molecular formula is C8H12ClN5O2. The van der Waals surface area contributed by atoms with Gasteiger partial charge in [0.25, 0.3) is 5.78 Å². The van der Waals surface area contributed by atoms with E-state index >= 15 is 0 Å². The Morgan fingerprint density at radius 2 is 1.88 bits per heavy atom. The average Bonchev–Trinajstić information content (AvgIpc) is 2.82. The lowest BCUT2D eigenvalue weighted by Crippen LogP contribution is -2.39. The Bertz CT molecular complexity index is 462. The number of imidazole rings is 1. The van der Waals surface area contributed by atoms with E-state index in [0.717, 1.165) is 0 Å². The van der Waals surface area contributed by atoms with Crippen molar-refractivity contribution in [1.29, 1.82) is 0 Å². The highest BCUT2D eigenvalue weighted by Crippen LogP contribution is 2.10. The van der Waals surface area contributed by atoms with Gasteiger partial charge in [0.1, 0.15) is 0 Å². The molecule has 0 bridgehead atoms. The number of fused-ring (bicyclic) bond motifs is 1. The Balaban J connectivity index is 2.35. The maximum Gasteiger partial charge on any atom is 0.255 e. The van der Waals surface area contributed by atoms with Crippen LogP contribution in [-0.2, 0) is 0 Å². The number of hydrogen-bond donors (Lipinski definition) is 2. The van der Waals surface area contributed by atoms with Crippen LogP contribution in [0.1, 0.15) is 0 Å². The molecule has 0 aliphatic rings. The van der Waals surface area contributed by atoms with Gasteiger partial charge in [-0.05, 0) is 11.6 Å². The molecule has 0 spiro atoms. The van der Waals surface area contributed by atoms with Gasteiger partial charge < -0.3 is 15.2 Å². The molecule has 0 unspecified atom stereocenters. The van der Waals surface area contributed by atoms with Crippen LogP contribution in [0.4, 0.5) is 0 Å². The van der Waals surface area contributed by atoms with Gasteiger partial charge in [-0.15, -0.1) is 10.2 Å². The third kappa shape index (κ3) is 1.84. The first-order chi connectivity index (χ1) is 7.77. The van der Waals surface area contributed by atoms with E-state index in [9.17, 15) is 0 Å². The molecule has 0 aliphatic carbocycles. The highest BCUT2D eigenvalue weighted by Gasteiger charge is 2.12. The van der Waals surface area contributed by atoms with Gasteiger partial charge in [-0.2, -0.15) is 0 Å². The van der Waals surface area contributed by atoms with E-state index in [-0.39, 0.29) is 18.5 Å². The van der Waals surface area contributed by atoms with E-state index in [1.165, 1.54) is 0 Å². The highest BCUT2D eigenvalue weighted by atomic mass is 35.5. The first kappa shape index (κ1) is 11.2. The summed E-state index contributed by atoms with van der Waals surface area (Å²) >= 11 is 5.80. The van der Waals surface area contributed by atoms with Crippen molar-refractivity contribution < 1.29 is 10.2 Å². The first-order valence-corrected chi connectivity index (χ1v) is 5.20. The zero-order valence-electron chi connectivity index (χ0n) is 8.49. The van der Waals surface area contributed by atoms with Gasteiger partial charge in [0, 0.05) is 12.4 Å². The number of hydrogen-bond acceptors (Lipinski definition) is 5. The molecule has 2 aromatic heterocycles. The van der Waals surface area contributed by atoms with Crippen LogP contribution in [0.2, 0.25) is 5.28 Å². The van der Waals surface area contributed by atoms with Crippen LogP contribution in [-0.4, -0.2) is 55.8 Å². The van der Waals surface area contributed by atoms with Gasteiger partial charge in [-0.3, -0.25) is 4.40 Å². The maximum atomic E-state index is 8.93. The number of rotatable bonds is 5. The van der Waals surface area contributed by atoms with Crippen molar-refractivity contribution in [2.24, 2.45) is 0 Å². The highest BCUT2D eigenvalue weighted by molar-refractivity contribution is 6.28. The fraction of sp³-hybridized carbons (Fsp3) is 0.500. The normalized spacial score (nSPS) is 11.2. The molecule has 2 aromatic rings. The molecule has 0 radical (unpaired) electrons. The molecule has 2 rings (SSSR count). The van der Waals surface area contributed by atoms with Crippen LogP contribution in [0, 0.1) is 0 Å². The third-order valence-corrected chi connectivity index (χ3v) is 2.48. The van der Waals surface area contributed by atoms with Gasteiger partial charge in [0.15, 0.2) is 0 Å². The molecule has 2 N–H and O–H groups in total. The monoisotopic (exact) mass is 245 g/mol. The predicted molar refractivity (Wildman–Crippen MR) is 58.1 cm³/mol. The van der Waals surface area contributed by atoms with Crippen molar-refractivity contribution in [3.8, 4) is 0 Å². The predicted octanol–water partition coefficient (Wildman–Crippen LogP) is -0.893. The van der Waals surface area contributed by atoms with E-state index in [4.69, 9.17) is 21.8 Å². The quantitative estimate of drug-likeness (QED) is 0.714. The van der Waals surface area contributed by atoms with Crippen molar-refractivity contribution in [3.63, 3.8) is 0 Å². The summed E-state index contributed by atoms with van der Waals surface area (Å²) < 4.78 is 3.31. The second-order valence-electron chi connectivity index (χ2n) is 3.18. The zero-order chi connectivity index (χ0) is 11.5. The number of aliphatic hydroxyl groups is 2. The van der Waals surface area contributed by atoms with Crippen LogP contribution >= 0.6 is 11.6 Å². The minimum absolute atomic E-state index is 0.00773. The molecule has 2 heterocycles. The standard InChI is InChI=1S/C8H12ClN5O2/c9-7-10-11-8-13(7)1-2-14(8)12(3-5-15)4-6-16/h1-2,15-16H,3-6H2. The fourth-order valence-electron chi connectivity index (χ4n) is 1.52. The van der Waals surface area contributed by atoms with Crippen molar-refractivity contribution in [2.75, 3.05) is 31.3 Å². The van der Waals surface area contributed by atoms with Crippen molar-refractivity contribution in [1.82, 2.24) is 19.3 Å². The lowest BCUT2D eigenvalue weighted by Gasteiger charge is -2.23. The summed E-state index contributed by atoms with van der Waals surface area (Å²) in [6.45, 7) is 0.781. The molecule has 0 fully saturated rings. The second kappa shape index (κ2) is 4.69.